The summed E-state index contributed by atoms with van der Waals surface area (Å²) in [5.74, 6) is 2.32. The van der Waals surface area contributed by atoms with Crippen molar-refractivity contribution in [3.05, 3.63) is 18.0 Å². The van der Waals surface area contributed by atoms with Crippen LogP contribution in [0.2, 0.25) is 0 Å². The monoisotopic (exact) mass is 308 g/mol. The molecule has 3 rings (SSSR count). The number of aromatic nitrogens is 2. The number of nitrogens with zero attached hydrogens (tertiary/aromatic N) is 3. The minimum Gasteiger partial charge on any atom is -0.357 e. The zero-order valence-electron chi connectivity index (χ0n) is 12.1. The Kier molecular flexibility index (Phi) is 4.19. The highest BCUT2D eigenvalue weighted by Gasteiger charge is 2.35. The predicted octanol–water partition coefficient (Wildman–Crippen LogP) is 0.656. The van der Waals surface area contributed by atoms with E-state index < -0.39 is 6.04 Å². The van der Waals surface area contributed by atoms with Gasteiger partial charge < -0.3 is 10.2 Å². The van der Waals surface area contributed by atoms with E-state index in [-0.39, 0.29) is 17.7 Å². The number of carbonyl (C=O) groups excluding carboxylic acids is 2. The largest absolute Gasteiger partial charge is 0.357 e. The van der Waals surface area contributed by atoms with Crippen LogP contribution in [0.5, 0.6) is 0 Å². The normalized spacial score (nSPS) is 22.7. The van der Waals surface area contributed by atoms with Crippen molar-refractivity contribution < 1.29 is 9.59 Å². The molecule has 0 spiro atoms. The highest BCUT2D eigenvalue weighted by molar-refractivity contribution is 7.99. The van der Waals surface area contributed by atoms with E-state index in [1.54, 1.807) is 17.9 Å². The first-order chi connectivity index (χ1) is 10.2. The van der Waals surface area contributed by atoms with Crippen LogP contribution < -0.4 is 5.32 Å². The molecule has 2 aliphatic heterocycles. The first kappa shape index (κ1) is 14.4. The Labute approximate surface area is 128 Å². The smallest absolute Gasteiger partial charge is 0.246 e. The van der Waals surface area contributed by atoms with E-state index in [1.807, 2.05) is 22.7 Å². The number of rotatable bonds is 2. The average Bonchev–Trinajstić information content (AvgIpc) is 3.01. The second-order valence-electron chi connectivity index (χ2n) is 5.50. The summed E-state index contributed by atoms with van der Waals surface area (Å²) in [6.07, 6.45) is 3.59. The van der Waals surface area contributed by atoms with Crippen molar-refractivity contribution in [2.75, 3.05) is 25.1 Å². The van der Waals surface area contributed by atoms with Crippen LogP contribution in [0.15, 0.2) is 12.3 Å². The lowest BCUT2D eigenvalue weighted by molar-refractivity contribution is -0.139. The minimum absolute atomic E-state index is 0.100. The maximum absolute atomic E-state index is 12.7. The van der Waals surface area contributed by atoms with Gasteiger partial charge in [0.25, 0.3) is 0 Å². The SMILES string of the molecule is CNC(=O)C1CN(C(=O)C2CCSCC2)Cc2ccnn21. The number of likely N-dealkylation sites (N-methyl/N-ethyl adjacent to an activating group) is 1. The molecule has 21 heavy (non-hydrogen) atoms. The van der Waals surface area contributed by atoms with Gasteiger partial charge in [0, 0.05) is 19.2 Å². The Morgan fingerprint density at radius 3 is 2.86 bits per heavy atom. The number of hydrogen-bond donors (Lipinski definition) is 1. The van der Waals surface area contributed by atoms with Gasteiger partial charge in [-0.15, -0.1) is 0 Å². The maximum atomic E-state index is 12.7. The van der Waals surface area contributed by atoms with Crippen LogP contribution >= 0.6 is 11.8 Å². The Morgan fingerprint density at radius 1 is 1.38 bits per heavy atom. The van der Waals surface area contributed by atoms with Crippen molar-refractivity contribution >= 4 is 23.6 Å². The van der Waals surface area contributed by atoms with E-state index in [2.05, 4.69) is 10.4 Å². The van der Waals surface area contributed by atoms with Gasteiger partial charge in [-0.1, -0.05) is 0 Å². The highest BCUT2D eigenvalue weighted by Crippen LogP contribution is 2.28. The van der Waals surface area contributed by atoms with Crippen molar-refractivity contribution in [3.8, 4) is 0 Å². The van der Waals surface area contributed by atoms with Gasteiger partial charge in [0.15, 0.2) is 0 Å². The van der Waals surface area contributed by atoms with Gasteiger partial charge >= 0.3 is 0 Å². The Morgan fingerprint density at radius 2 is 2.14 bits per heavy atom. The molecule has 0 bridgehead atoms. The highest BCUT2D eigenvalue weighted by atomic mass is 32.2. The summed E-state index contributed by atoms with van der Waals surface area (Å²) in [5.41, 5.74) is 0.924. The number of nitrogens with one attached hydrogen (secondary N) is 1. The summed E-state index contributed by atoms with van der Waals surface area (Å²) in [6, 6.07) is 1.46. The zero-order valence-corrected chi connectivity index (χ0v) is 12.9. The number of hydrogen-bond acceptors (Lipinski definition) is 4. The molecule has 6 nitrogen and oxygen atoms in total. The van der Waals surface area contributed by atoms with Crippen molar-refractivity contribution in [3.63, 3.8) is 0 Å². The van der Waals surface area contributed by atoms with Crippen LogP contribution in [0.25, 0.3) is 0 Å². The van der Waals surface area contributed by atoms with Crippen molar-refractivity contribution in [1.29, 1.82) is 0 Å². The molecule has 114 valence electrons. The summed E-state index contributed by atoms with van der Waals surface area (Å²) >= 11 is 1.91. The molecule has 0 radical (unpaired) electrons. The van der Waals surface area contributed by atoms with Crippen LogP contribution in [0.1, 0.15) is 24.6 Å². The molecule has 2 aliphatic rings. The summed E-state index contributed by atoms with van der Waals surface area (Å²) in [6.45, 7) is 0.965. The van der Waals surface area contributed by atoms with Gasteiger partial charge in [-0.3, -0.25) is 14.3 Å². The predicted molar refractivity (Wildman–Crippen MR) is 80.8 cm³/mol. The van der Waals surface area contributed by atoms with Gasteiger partial charge in [0.2, 0.25) is 11.8 Å². The molecule has 1 atom stereocenters. The molecule has 3 heterocycles. The molecule has 2 amide bonds. The number of amides is 2. The fourth-order valence-corrected chi connectivity index (χ4v) is 4.13. The number of thioether (sulfide) groups is 1. The molecule has 0 aromatic carbocycles. The van der Waals surface area contributed by atoms with Gasteiger partial charge in [-0.2, -0.15) is 16.9 Å². The van der Waals surface area contributed by atoms with E-state index in [9.17, 15) is 9.59 Å². The standard InChI is InChI=1S/C14H20N4O2S/c1-15-13(19)12-9-17(8-11-2-5-16-18(11)12)14(20)10-3-6-21-7-4-10/h2,5,10,12H,3-4,6-9H2,1H3,(H,15,19). The average molecular weight is 308 g/mol. The molecule has 1 aromatic heterocycles. The first-order valence-electron chi connectivity index (χ1n) is 7.31. The second-order valence-corrected chi connectivity index (χ2v) is 6.73. The molecule has 1 N–H and O–H groups in total. The van der Waals surface area contributed by atoms with Crippen LogP contribution in [0, 0.1) is 5.92 Å². The van der Waals surface area contributed by atoms with Gasteiger partial charge in [0.05, 0.1) is 18.8 Å². The second kappa shape index (κ2) is 6.09. The number of carbonyl (C=O) groups is 2. The number of fused-ring (bicyclic) bond motifs is 1. The molecule has 7 heteroatoms. The third-order valence-corrected chi connectivity index (χ3v) is 5.27. The van der Waals surface area contributed by atoms with Gasteiger partial charge in [0.1, 0.15) is 6.04 Å². The summed E-state index contributed by atoms with van der Waals surface area (Å²) < 4.78 is 1.74. The maximum Gasteiger partial charge on any atom is 0.246 e. The van der Waals surface area contributed by atoms with Crippen molar-refractivity contribution in [2.24, 2.45) is 5.92 Å². The third-order valence-electron chi connectivity index (χ3n) is 4.22. The lowest BCUT2D eigenvalue weighted by Gasteiger charge is -2.35. The lowest BCUT2D eigenvalue weighted by atomic mass is 10.00. The molecule has 0 aliphatic carbocycles. The minimum atomic E-state index is -0.421. The van der Waals surface area contributed by atoms with Crippen LogP contribution in [-0.2, 0) is 16.1 Å². The van der Waals surface area contributed by atoms with Gasteiger partial charge in [-0.25, -0.2) is 0 Å². The lowest BCUT2D eigenvalue weighted by Crippen LogP contribution is -2.48. The Hall–Kier alpha value is -1.50. The Bertz CT molecular complexity index is 539. The van der Waals surface area contributed by atoms with Crippen molar-refractivity contribution in [1.82, 2.24) is 20.0 Å². The fraction of sp³-hybridized carbons (Fsp3) is 0.643. The molecule has 1 unspecified atom stereocenters. The molecular formula is C14H20N4O2S. The molecule has 1 aromatic rings. The van der Waals surface area contributed by atoms with E-state index in [0.717, 1.165) is 30.0 Å². The van der Waals surface area contributed by atoms with E-state index >= 15 is 0 Å². The van der Waals surface area contributed by atoms with Crippen LogP contribution in [-0.4, -0.2) is 51.6 Å². The summed E-state index contributed by atoms with van der Waals surface area (Å²) in [4.78, 5) is 26.6. The van der Waals surface area contributed by atoms with E-state index in [0.29, 0.717) is 13.1 Å². The zero-order chi connectivity index (χ0) is 14.8. The topological polar surface area (TPSA) is 67.2 Å². The van der Waals surface area contributed by atoms with Gasteiger partial charge in [-0.05, 0) is 30.4 Å². The molecule has 1 saturated heterocycles. The third kappa shape index (κ3) is 2.79. The van der Waals surface area contributed by atoms with Crippen LogP contribution in [0.3, 0.4) is 0 Å². The molecule has 0 saturated carbocycles. The molecule has 1 fully saturated rings. The van der Waals surface area contributed by atoms with Crippen LogP contribution in [0.4, 0.5) is 0 Å². The van der Waals surface area contributed by atoms with Crippen molar-refractivity contribution in [2.45, 2.75) is 25.4 Å². The van der Waals surface area contributed by atoms with E-state index in [4.69, 9.17) is 0 Å². The summed E-state index contributed by atoms with van der Waals surface area (Å²) in [5, 5.41) is 6.89. The first-order valence-corrected chi connectivity index (χ1v) is 8.46. The Balaban J connectivity index is 1.79. The molecular weight excluding hydrogens is 288 g/mol. The van der Waals surface area contributed by atoms with E-state index in [1.165, 1.54) is 0 Å². The fourth-order valence-electron chi connectivity index (χ4n) is 3.02. The summed E-state index contributed by atoms with van der Waals surface area (Å²) in [7, 11) is 1.62. The quantitative estimate of drug-likeness (QED) is 0.871.